The molecule has 3 rings (SSSR count). The third-order valence-electron chi connectivity index (χ3n) is 3.07. The molecule has 0 fully saturated rings. The van der Waals surface area contributed by atoms with Gasteiger partial charge >= 0.3 is 0 Å². The number of nitrogens with zero attached hydrogens (tertiary/aromatic N) is 3. The van der Waals surface area contributed by atoms with Gasteiger partial charge in [0.05, 0.1) is 5.69 Å². The Bertz CT molecular complexity index is 758. The zero-order valence-electron chi connectivity index (χ0n) is 12.3. The van der Waals surface area contributed by atoms with E-state index in [9.17, 15) is 0 Å². The SMILES string of the molecule is S=C(NCCc1ccccn1)Nc1nc(-c2cccnc2)cs1. The highest BCUT2D eigenvalue weighted by atomic mass is 32.1. The van der Waals surface area contributed by atoms with Crippen molar-refractivity contribution in [3.63, 3.8) is 0 Å². The Morgan fingerprint density at radius 1 is 1.17 bits per heavy atom. The summed E-state index contributed by atoms with van der Waals surface area (Å²) < 4.78 is 0. The van der Waals surface area contributed by atoms with Crippen molar-refractivity contribution in [2.45, 2.75) is 6.42 Å². The molecule has 3 aromatic rings. The van der Waals surface area contributed by atoms with E-state index in [1.807, 2.05) is 35.7 Å². The summed E-state index contributed by atoms with van der Waals surface area (Å²) in [7, 11) is 0. The molecular formula is C16H15N5S2. The standard InChI is InChI=1S/C16H15N5S2/c22-15(19-9-6-13-5-1-2-8-18-13)21-16-20-14(11-23-16)12-4-3-7-17-10-12/h1-5,7-8,10-11H,6,9H2,(H2,19,20,21,22). The van der Waals surface area contributed by atoms with Crippen LogP contribution in [0.2, 0.25) is 0 Å². The van der Waals surface area contributed by atoms with E-state index in [0.717, 1.165) is 35.0 Å². The molecule has 3 heterocycles. The van der Waals surface area contributed by atoms with Crippen LogP contribution < -0.4 is 10.6 Å². The average molecular weight is 341 g/mol. The second-order valence-electron chi connectivity index (χ2n) is 4.73. The number of aromatic nitrogens is 3. The summed E-state index contributed by atoms with van der Waals surface area (Å²) in [5.74, 6) is 0. The van der Waals surface area contributed by atoms with Crippen molar-refractivity contribution in [2.24, 2.45) is 0 Å². The number of nitrogens with one attached hydrogen (secondary N) is 2. The first-order chi connectivity index (χ1) is 11.3. The van der Waals surface area contributed by atoms with E-state index in [-0.39, 0.29) is 0 Å². The van der Waals surface area contributed by atoms with Crippen LogP contribution in [0.4, 0.5) is 5.13 Å². The number of rotatable bonds is 5. The van der Waals surface area contributed by atoms with Crippen LogP contribution in [-0.2, 0) is 6.42 Å². The van der Waals surface area contributed by atoms with Crippen LogP contribution in [0.25, 0.3) is 11.3 Å². The highest BCUT2D eigenvalue weighted by Crippen LogP contribution is 2.23. The minimum atomic E-state index is 0.563. The summed E-state index contributed by atoms with van der Waals surface area (Å²) in [5, 5.41) is 9.58. The summed E-state index contributed by atoms with van der Waals surface area (Å²) in [4.78, 5) is 12.9. The number of thiazole rings is 1. The molecule has 0 radical (unpaired) electrons. The average Bonchev–Trinajstić information content (AvgIpc) is 3.05. The fourth-order valence-electron chi connectivity index (χ4n) is 1.97. The Hall–Kier alpha value is -2.38. The molecular weight excluding hydrogens is 326 g/mol. The smallest absolute Gasteiger partial charge is 0.189 e. The number of hydrogen-bond donors (Lipinski definition) is 2. The van der Waals surface area contributed by atoms with Crippen molar-refractivity contribution in [1.29, 1.82) is 0 Å². The van der Waals surface area contributed by atoms with Gasteiger partial charge in [-0.3, -0.25) is 9.97 Å². The fraction of sp³-hybridized carbons (Fsp3) is 0.125. The minimum Gasteiger partial charge on any atom is -0.362 e. The highest BCUT2D eigenvalue weighted by molar-refractivity contribution is 7.80. The third kappa shape index (κ3) is 4.54. The van der Waals surface area contributed by atoms with Gasteiger partial charge in [0.2, 0.25) is 0 Å². The van der Waals surface area contributed by atoms with E-state index < -0.39 is 0 Å². The molecule has 0 spiro atoms. The number of anilines is 1. The van der Waals surface area contributed by atoms with E-state index in [0.29, 0.717) is 5.11 Å². The Morgan fingerprint density at radius 2 is 2.13 bits per heavy atom. The molecule has 116 valence electrons. The van der Waals surface area contributed by atoms with Gasteiger partial charge in [-0.25, -0.2) is 4.98 Å². The van der Waals surface area contributed by atoms with Crippen LogP contribution in [-0.4, -0.2) is 26.6 Å². The second kappa shape index (κ2) is 7.75. The minimum absolute atomic E-state index is 0.563. The molecule has 0 saturated carbocycles. The number of thiocarbonyl (C=S) groups is 1. The molecule has 0 bridgehead atoms. The molecule has 7 heteroatoms. The first kappa shape index (κ1) is 15.5. The van der Waals surface area contributed by atoms with Crippen LogP contribution in [0.5, 0.6) is 0 Å². The summed E-state index contributed by atoms with van der Waals surface area (Å²) in [6.45, 7) is 0.726. The lowest BCUT2D eigenvalue weighted by Crippen LogP contribution is -2.30. The quantitative estimate of drug-likeness (QED) is 0.695. The zero-order chi connectivity index (χ0) is 15.9. The van der Waals surface area contributed by atoms with Gasteiger partial charge in [-0.15, -0.1) is 11.3 Å². The maximum absolute atomic E-state index is 5.29. The molecule has 3 aromatic heterocycles. The first-order valence-electron chi connectivity index (χ1n) is 7.12. The third-order valence-corrected chi connectivity index (χ3v) is 4.08. The summed E-state index contributed by atoms with van der Waals surface area (Å²) in [6.07, 6.45) is 6.15. The lowest BCUT2D eigenvalue weighted by molar-refractivity contribution is 0.847. The summed E-state index contributed by atoms with van der Waals surface area (Å²) in [6, 6.07) is 9.76. The van der Waals surface area contributed by atoms with Crippen molar-refractivity contribution in [2.75, 3.05) is 11.9 Å². The molecule has 0 amide bonds. The Labute approximate surface area is 143 Å². The van der Waals surface area contributed by atoms with Crippen molar-refractivity contribution in [1.82, 2.24) is 20.3 Å². The fourth-order valence-corrected chi connectivity index (χ4v) is 2.96. The molecule has 0 atom stereocenters. The van der Waals surface area contributed by atoms with Gasteiger partial charge in [0.25, 0.3) is 0 Å². The van der Waals surface area contributed by atoms with E-state index in [1.165, 1.54) is 11.3 Å². The summed E-state index contributed by atoms with van der Waals surface area (Å²) in [5.41, 5.74) is 2.92. The van der Waals surface area contributed by atoms with Crippen molar-refractivity contribution in [3.05, 3.63) is 60.0 Å². The monoisotopic (exact) mass is 341 g/mol. The Kier molecular flexibility index (Phi) is 5.23. The number of pyridine rings is 2. The Balaban J connectivity index is 1.49. The van der Waals surface area contributed by atoms with Crippen molar-refractivity contribution in [3.8, 4) is 11.3 Å². The molecule has 0 aromatic carbocycles. The second-order valence-corrected chi connectivity index (χ2v) is 6.00. The zero-order valence-corrected chi connectivity index (χ0v) is 13.9. The van der Waals surface area contributed by atoms with Crippen molar-refractivity contribution >= 4 is 33.8 Å². The van der Waals surface area contributed by atoms with E-state index in [2.05, 4.69) is 25.6 Å². The molecule has 0 aliphatic heterocycles. The van der Waals surface area contributed by atoms with Crippen LogP contribution in [0.3, 0.4) is 0 Å². The van der Waals surface area contributed by atoms with Gasteiger partial charge in [-0.1, -0.05) is 6.07 Å². The van der Waals surface area contributed by atoms with Crippen LogP contribution in [0, 0.1) is 0 Å². The number of hydrogen-bond acceptors (Lipinski definition) is 5. The lowest BCUT2D eigenvalue weighted by atomic mass is 10.2. The molecule has 0 aliphatic rings. The summed E-state index contributed by atoms with van der Waals surface area (Å²) >= 11 is 6.80. The van der Waals surface area contributed by atoms with Gasteiger partial charge < -0.3 is 10.6 Å². The van der Waals surface area contributed by atoms with Crippen LogP contribution in [0.15, 0.2) is 54.3 Å². The molecule has 23 heavy (non-hydrogen) atoms. The Morgan fingerprint density at radius 3 is 2.91 bits per heavy atom. The molecule has 0 saturated heterocycles. The van der Waals surface area contributed by atoms with Gasteiger partial charge in [-0.2, -0.15) is 0 Å². The lowest BCUT2D eigenvalue weighted by Gasteiger charge is -2.07. The van der Waals surface area contributed by atoms with Gasteiger partial charge in [0.15, 0.2) is 10.2 Å². The van der Waals surface area contributed by atoms with E-state index >= 15 is 0 Å². The van der Waals surface area contributed by atoms with E-state index in [1.54, 1.807) is 18.6 Å². The van der Waals surface area contributed by atoms with Gasteiger partial charge in [0, 0.05) is 48.2 Å². The first-order valence-corrected chi connectivity index (χ1v) is 8.41. The van der Waals surface area contributed by atoms with Crippen LogP contribution >= 0.6 is 23.6 Å². The van der Waals surface area contributed by atoms with E-state index in [4.69, 9.17) is 12.2 Å². The molecule has 5 nitrogen and oxygen atoms in total. The van der Waals surface area contributed by atoms with Crippen LogP contribution in [0.1, 0.15) is 5.69 Å². The van der Waals surface area contributed by atoms with Crippen molar-refractivity contribution < 1.29 is 0 Å². The van der Waals surface area contributed by atoms with Gasteiger partial charge in [-0.05, 0) is 36.5 Å². The maximum atomic E-state index is 5.29. The molecule has 0 aliphatic carbocycles. The predicted octanol–water partition coefficient (Wildman–Crippen LogP) is 3.13. The molecule has 2 N–H and O–H groups in total. The van der Waals surface area contributed by atoms with Gasteiger partial charge in [0.1, 0.15) is 0 Å². The largest absolute Gasteiger partial charge is 0.362 e. The predicted molar refractivity (Wildman–Crippen MR) is 97.5 cm³/mol. The maximum Gasteiger partial charge on any atom is 0.189 e. The normalized spacial score (nSPS) is 10.3. The topological polar surface area (TPSA) is 62.7 Å². The molecule has 0 unspecified atom stereocenters. The highest BCUT2D eigenvalue weighted by Gasteiger charge is 2.06.